The second-order valence-electron chi connectivity index (χ2n) is 4.53. The van der Waals surface area contributed by atoms with Gasteiger partial charge in [0, 0.05) is 32.0 Å². The van der Waals surface area contributed by atoms with E-state index in [1.54, 1.807) is 6.20 Å². The molecule has 1 unspecified atom stereocenters. The molecule has 3 rings (SSSR count). The van der Waals surface area contributed by atoms with Gasteiger partial charge in [-0.3, -0.25) is 0 Å². The molecule has 1 saturated heterocycles. The monoisotopic (exact) mass is 300 g/mol. The number of hydrogen-bond acceptors (Lipinski definition) is 3. The van der Waals surface area contributed by atoms with Crippen molar-refractivity contribution in [1.29, 1.82) is 0 Å². The van der Waals surface area contributed by atoms with E-state index in [0.717, 1.165) is 31.7 Å². The van der Waals surface area contributed by atoms with Crippen LogP contribution in [0.1, 0.15) is 30.9 Å². The third-order valence-corrected chi connectivity index (χ3v) is 3.75. The number of nitrogens with one attached hydrogen (secondary N) is 1. The van der Waals surface area contributed by atoms with Crippen LogP contribution in [0.3, 0.4) is 0 Å². The summed E-state index contributed by atoms with van der Waals surface area (Å²) >= 11 is 11.6. The number of aromatic nitrogens is 1. The van der Waals surface area contributed by atoms with Gasteiger partial charge in [0.1, 0.15) is 5.15 Å². The van der Waals surface area contributed by atoms with Crippen molar-refractivity contribution in [3.05, 3.63) is 40.2 Å². The molecule has 2 aliphatic rings. The molecular weight excluding hydrogens is 283 g/mol. The molecule has 1 N–H and O–H groups in total. The summed E-state index contributed by atoms with van der Waals surface area (Å²) < 4.78 is 4.94. The van der Waals surface area contributed by atoms with Crippen molar-refractivity contribution in [2.24, 2.45) is 0 Å². The quantitative estimate of drug-likeness (QED) is 0.633. The molecule has 0 aromatic carbocycles. The van der Waals surface area contributed by atoms with Gasteiger partial charge in [0.15, 0.2) is 0 Å². The number of halogens is 2. The first-order chi connectivity index (χ1) is 9.27. The Bertz CT molecular complexity index is 426. The molecule has 0 spiro atoms. The van der Waals surface area contributed by atoms with Crippen LogP contribution in [0, 0.1) is 0 Å². The van der Waals surface area contributed by atoms with Gasteiger partial charge in [-0.1, -0.05) is 35.4 Å². The minimum Gasteiger partial charge on any atom is -0.381 e. The fraction of sp³-hybridized carbons (Fsp3) is 0.500. The smallest absolute Gasteiger partial charge is 0.147 e. The number of rotatable bonds is 1. The highest BCUT2D eigenvalue weighted by Crippen LogP contribution is 2.25. The van der Waals surface area contributed by atoms with Crippen LogP contribution in [-0.4, -0.2) is 24.7 Å². The van der Waals surface area contributed by atoms with E-state index >= 15 is 0 Å². The summed E-state index contributed by atoms with van der Waals surface area (Å²) in [5.74, 6) is 0. The number of hydrogen-bond donors (Lipinski definition) is 1. The highest BCUT2D eigenvalue weighted by atomic mass is 35.5. The van der Waals surface area contributed by atoms with Crippen molar-refractivity contribution < 1.29 is 4.74 Å². The molecule has 3 heterocycles. The summed E-state index contributed by atoms with van der Waals surface area (Å²) in [5, 5.41) is 4.23. The molecule has 1 atom stereocenters. The van der Waals surface area contributed by atoms with Gasteiger partial charge in [0.2, 0.25) is 0 Å². The lowest BCUT2D eigenvalue weighted by Crippen LogP contribution is -2.23. The van der Waals surface area contributed by atoms with Crippen LogP contribution in [0.4, 0.5) is 0 Å². The molecule has 104 valence electrons. The van der Waals surface area contributed by atoms with Crippen molar-refractivity contribution in [1.82, 2.24) is 10.3 Å². The lowest BCUT2D eigenvalue weighted by atomic mass is 10.0. The second kappa shape index (κ2) is 7.85. The molecule has 19 heavy (non-hydrogen) atoms. The van der Waals surface area contributed by atoms with E-state index in [1.165, 1.54) is 12.8 Å². The lowest BCUT2D eigenvalue weighted by Gasteiger charge is -2.19. The van der Waals surface area contributed by atoms with E-state index in [9.17, 15) is 0 Å². The SMILES string of the molecule is C1CCOC1.Clc1cc(C2CC=CCN2)cnc1Cl. The van der Waals surface area contributed by atoms with Gasteiger partial charge in [-0.15, -0.1) is 0 Å². The molecule has 0 saturated carbocycles. The zero-order valence-electron chi connectivity index (χ0n) is 10.7. The normalized spacial score (nSPS) is 21.9. The van der Waals surface area contributed by atoms with Gasteiger partial charge in [-0.2, -0.15) is 0 Å². The Labute approximate surface area is 124 Å². The van der Waals surface area contributed by atoms with E-state index in [4.69, 9.17) is 27.9 Å². The molecular formula is C14H18Cl2N2O. The second-order valence-corrected chi connectivity index (χ2v) is 5.29. The average molecular weight is 301 g/mol. The number of pyridine rings is 1. The third-order valence-electron chi connectivity index (χ3n) is 3.07. The van der Waals surface area contributed by atoms with Crippen LogP contribution in [-0.2, 0) is 4.74 Å². The Balaban J connectivity index is 0.000000224. The van der Waals surface area contributed by atoms with Gasteiger partial charge < -0.3 is 10.1 Å². The van der Waals surface area contributed by atoms with Gasteiger partial charge >= 0.3 is 0 Å². The fourth-order valence-electron chi connectivity index (χ4n) is 2.00. The highest BCUT2D eigenvalue weighted by molar-refractivity contribution is 6.41. The topological polar surface area (TPSA) is 34.1 Å². The van der Waals surface area contributed by atoms with Crippen molar-refractivity contribution in [3.8, 4) is 0 Å². The molecule has 1 fully saturated rings. The van der Waals surface area contributed by atoms with Crippen LogP contribution in [0.5, 0.6) is 0 Å². The highest BCUT2D eigenvalue weighted by Gasteiger charge is 2.13. The maximum absolute atomic E-state index is 5.89. The van der Waals surface area contributed by atoms with Crippen molar-refractivity contribution >= 4 is 23.2 Å². The van der Waals surface area contributed by atoms with Crippen LogP contribution < -0.4 is 5.32 Å². The molecule has 0 radical (unpaired) electrons. The zero-order valence-corrected chi connectivity index (χ0v) is 12.3. The van der Waals surface area contributed by atoms with Gasteiger partial charge in [-0.05, 0) is 30.9 Å². The first kappa shape index (κ1) is 14.8. The molecule has 3 nitrogen and oxygen atoms in total. The molecule has 0 bridgehead atoms. The predicted octanol–water partition coefficient (Wildman–Crippen LogP) is 3.78. The predicted molar refractivity (Wildman–Crippen MR) is 78.8 cm³/mol. The minimum absolute atomic E-state index is 0.308. The van der Waals surface area contributed by atoms with Gasteiger partial charge in [0.25, 0.3) is 0 Å². The van der Waals surface area contributed by atoms with Gasteiger partial charge in [-0.25, -0.2) is 4.98 Å². The molecule has 1 aromatic rings. The first-order valence-corrected chi connectivity index (χ1v) is 7.30. The van der Waals surface area contributed by atoms with E-state index in [1.807, 2.05) is 6.07 Å². The zero-order chi connectivity index (χ0) is 13.5. The maximum Gasteiger partial charge on any atom is 0.147 e. The summed E-state index contributed by atoms with van der Waals surface area (Å²) in [6.07, 6.45) is 9.57. The molecule has 2 aliphatic heterocycles. The number of ether oxygens (including phenoxy) is 1. The Morgan fingerprint density at radius 2 is 2.00 bits per heavy atom. The Morgan fingerprint density at radius 1 is 1.21 bits per heavy atom. The molecule has 0 amide bonds. The Hall–Kier alpha value is -0.610. The molecule has 5 heteroatoms. The third kappa shape index (κ3) is 4.77. The lowest BCUT2D eigenvalue weighted by molar-refractivity contribution is 0.198. The van der Waals surface area contributed by atoms with Crippen LogP contribution in [0.2, 0.25) is 10.2 Å². The standard InChI is InChI=1S/C10H10Cl2N2.C4H8O/c11-8-5-7(6-14-10(8)12)9-3-1-2-4-13-9;1-2-4-5-3-1/h1-2,5-6,9,13H,3-4H2;1-4H2. The Morgan fingerprint density at radius 3 is 2.53 bits per heavy atom. The van der Waals surface area contributed by atoms with E-state index in [-0.39, 0.29) is 0 Å². The van der Waals surface area contributed by atoms with Crippen molar-refractivity contribution in [3.63, 3.8) is 0 Å². The van der Waals surface area contributed by atoms with E-state index in [2.05, 4.69) is 22.5 Å². The molecule has 1 aromatic heterocycles. The van der Waals surface area contributed by atoms with Gasteiger partial charge in [0.05, 0.1) is 5.02 Å². The van der Waals surface area contributed by atoms with Crippen molar-refractivity contribution in [2.75, 3.05) is 19.8 Å². The summed E-state index contributed by atoms with van der Waals surface area (Å²) in [5.41, 5.74) is 1.09. The summed E-state index contributed by atoms with van der Waals surface area (Å²) in [6, 6.07) is 2.18. The van der Waals surface area contributed by atoms with Crippen LogP contribution in [0.25, 0.3) is 0 Å². The largest absolute Gasteiger partial charge is 0.381 e. The van der Waals surface area contributed by atoms with Crippen LogP contribution >= 0.6 is 23.2 Å². The van der Waals surface area contributed by atoms with Crippen LogP contribution in [0.15, 0.2) is 24.4 Å². The van der Waals surface area contributed by atoms with E-state index < -0.39 is 0 Å². The first-order valence-electron chi connectivity index (χ1n) is 6.54. The number of nitrogens with zero attached hydrogens (tertiary/aromatic N) is 1. The molecule has 0 aliphatic carbocycles. The Kier molecular flexibility index (Phi) is 6.11. The minimum atomic E-state index is 0.308. The summed E-state index contributed by atoms with van der Waals surface area (Å²) in [7, 11) is 0. The van der Waals surface area contributed by atoms with E-state index in [0.29, 0.717) is 16.2 Å². The maximum atomic E-state index is 5.89. The average Bonchev–Trinajstić information content (AvgIpc) is 3.02. The summed E-state index contributed by atoms with van der Waals surface area (Å²) in [4.78, 5) is 4.02. The summed E-state index contributed by atoms with van der Waals surface area (Å²) in [6.45, 7) is 2.89. The van der Waals surface area contributed by atoms with Crippen molar-refractivity contribution in [2.45, 2.75) is 25.3 Å². The fourth-order valence-corrected chi connectivity index (χ4v) is 2.28.